The van der Waals surface area contributed by atoms with Gasteiger partial charge >= 0.3 is 13.1 Å². The van der Waals surface area contributed by atoms with Crippen LogP contribution in [0.5, 0.6) is 0 Å². The summed E-state index contributed by atoms with van der Waals surface area (Å²) in [5.41, 5.74) is 8.66. The minimum atomic E-state index is -0.250. The van der Waals surface area contributed by atoms with Gasteiger partial charge in [0, 0.05) is 34.0 Å². The zero-order chi connectivity index (χ0) is 39.6. The van der Waals surface area contributed by atoms with E-state index in [1.165, 1.54) is 27.8 Å². The van der Waals surface area contributed by atoms with Crippen molar-refractivity contribution in [1.82, 2.24) is 3.93 Å². The third-order valence-electron chi connectivity index (χ3n) is 9.35. The quantitative estimate of drug-likeness (QED) is 0.119. The van der Waals surface area contributed by atoms with Gasteiger partial charge in [0.1, 0.15) is 6.61 Å². The van der Waals surface area contributed by atoms with Crippen molar-refractivity contribution in [3.63, 3.8) is 0 Å². The third kappa shape index (κ3) is 11.5. The predicted octanol–water partition coefficient (Wildman–Crippen LogP) is 8.74. The molecule has 10 nitrogen and oxygen atoms in total. The van der Waals surface area contributed by atoms with Crippen LogP contribution in [0.25, 0.3) is 6.08 Å². The molecule has 1 N–H and O–H groups in total. The van der Waals surface area contributed by atoms with Gasteiger partial charge in [-0.25, -0.2) is 8.72 Å². The van der Waals surface area contributed by atoms with Crippen molar-refractivity contribution < 1.29 is 43.0 Å². The molecule has 2 saturated heterocycles. The number of benzene rings is 3. The van der Waals surface area contributed by atoms with Gasteiger partial charge in [0.25, 0.3) is 0 Å². The van der Waals surface area contributed by atoms with Crippen LogP contribution in [0.15, 0.2) is 76.6 Å². The highest BCUT2D eigenvalue weighted by atomic mass is 79.9. The number of amides is 2. The van der Waals surface area contributed by atoms with E-state index in [2.05, 4.69) is 91.5 Å². The van der Waals surface area contributed by atoms with Gasteiger partial charge in [0.2, 0.25) is 11.8 Å². The van der Waals surface area contributed by atoms with E-state index in [0.717, 1.165) is 37.2 Å². The first kappa shape index (κ1) is 43.8. The molecule has 5 heterocycles. The molecule has 2 fully saturated rings. The molecule has 0 aliphatic carbocycles. The Bertz CT molecular complexity index is 1830. The summed E-state index contributed by atoms with van der Waals surface area (Å²) in [6.45, 7) is 19.0. The summed E-state index contributed by atoms with van der Waals surface area (Å²) < 4.78 is 29.6. The number of carbonyl (C=O) groups is 3. The lowest BCUT2D eigenvalue weighted by molar-refractivity contribution is -0.131. The van der Waals surface area contributed by atoms with Crippen molar-refractivity contribution in [2.45, 2.75) is 91.2 Å². The number of hydrogen-bond donors (Lipinski definition) is 1. The van der Waals surface area contributed by atoms with Gasteiger partial charge in [-0.15, -0.1) is 6.58 Å². The summed E-state index contributed by atoms with van der Waals surface area (Å²) in [6.07, 6.45) is 3.26. The van der Waals surface area contributed by atoms with E-state index in [4.69, 9.17) is 28.6 Å². The van der Waals surface area contributed by atoms with Crippen LogP contribution < -0.4 is 0 Å². The summed E-state index contributed by atoms with van der Waals surface area (Å²) in [5.74, 6) is 1.17. The Labute approximate surface area is 343 Å². The molecule has 288 valence electrons. The number of aliphatic hydroxyl groups is 1. The Morgan fingerprint density at radius 1 is 0.778 bits per heavy atom. The number of aliphatic hydroxyl groups excluding tert-OH is 1. The van der Waals surface area contributed by atoms with Gasteiger partial charge in [0.15, 0.2) is 0 Å². The Balaban J connectivity index is 0.000000152. The van der Waals surface area contributed by atoms with Crippen LogP contribution in [0.4, 0.5) is 0 Å². The SMILES string of the molecule is C=CB1OC(C)(C)C(C)(C)O1.C=Cc1ccc2c(c1)COC2.O=C1CCC(=O)N1Br.O=C1OCc2cc(Br)ccc21.OCCc1cc2c(cc1Br)COC2. The van der Waals surface area contributed by atoms with E-state index in [0.29, 0.717) is 44.6 Å². The number of hydrogen-bond acceptors (Lipinski definition) is 9. The lowest BCUT2D eigenvalue weighted by atomic mass is 9.90. The molecule has 5 aliphatic rings. The van der Waals surface area contributed by atoms with E-state index in [1.54, 1.807) is 12.0 Å². The second-order valence-electron chi connectivity index (χ2n) is 13.7. The summed E-state index contributed by atoms with van der Waals surface area (Å²) in [4.78, 5) is 31.8. The molecule has 0 saturated carbocycles. The van der Waals surface area contributed by atoms with Gasteiger partial charge in [-0.05, 0) is 97.8 Å². The summed E-state index contributed by atoms with van der Waals surface area (Å²) in [6, 6.07) is 16.0. The highest BCUT2D eigenvalue weighted by Gasteiger charge is 2.49. The average Bonchev–Trinajstić information content (AvgIpc) is 3.97. The number of rotatable bonds is 4. The molecule has 14 heteroatoms. The van der Waals surface area contributed by atoms with E-state index >= 15 is 0 Å². The first-order valence-electron chi connectivity index (χ1n) is 17.3. The van der Waals surface area contributed by atoms with Gasteiger partial charge in [-0.1, -0.05) is 68.7 Å². The van der Waals surface area contributed by atoms with Crippen LogP contribution in [0.3, 0.4) is 0 Å². The van der Waals surface area contributed by atoms with Crippen LogP contribution >= 0.6 is 48.0 Å². The van der Waals surface area contributed by atoms with Crippen LogP contribution in [-0.4, -0.2) is 51.7 Å². The van der Waals surface area contributed by atoms with Crippen molar-refractivity contribution in [3.05, 3.63) is 121 Å². The van der Waals surface area contributed by atoms with Crippen LogP contribution in [0.2, 0.25) is 0 Å². The molecule has 3 aromatic rings. The highest BCUT2D eigenvalue weighted by molar-refractivity contribution is 9.10. The Kier molecular flexibility index (Phi) is 16.0. The molecule has 0 aromatic heterocycles. The normalized spacial score (nSPS) is 18.0. The zero-order valence-electron chi connectivity index (χ0n) is 30.9. The molecule has 5 aliphatic heterocycles. The summed E-state index contributed by atoms with van der Waals surface area (Å²) in [7, 11) is -0.250. The monoisotopic (exact) mass is 931 g/mol. The molecule has 8 rings (SSSR count). The lowest BCUT2D eigenvalue weighted by Crippen LogP contribution is -2.41. The maximum absolute atomic E-state index is 10.9. The number of ether oxygens (including phenoxy) is 3. The largest absolute Gasteiger partial charge is 0.486 e. The molecule has 3 aromatic carbocycles. The van der Waals surface area contributed by atoms with Crippen LogP contribution in [-0.2, 0) is 72.6 Å². The molecule has 0 spiro atoms. The number of carbonyl (C=O) groups excluding carboxylic acids is 3. The standard InChI is InChI=1S/C10H11BrO2.C10H10O.C8H15BO2.C8H5BrO2.C4H4BrNO2/c11-10-4-9-6-13-5-8(9)3-7(10)1-2-12;1-2-8-3-4-9-6-11-7-10(9)5-8;1-6-9-10-7(2,3)8(4,5)11-9;9-6-1-2-7-5(3-6)4-11-8(7)10;5-6-3(7)1-2-4(6)8/h3-4,12H,1-2,5-6H2;2-5H,1,6-7H2;6H,1H2,2-5H3;1-3H,4H2;1-2H2. The summed E-state index contributed by atoms with van der Waals surface area (Å²) in [5, 5.41) is 8.84. The minimum absolute atomic E-state index is 0.144. The Morgan fingerprint density at radius 2 is 1.35 bits per heavy atom. The van der Waals surface area contributed by atoms with Crippen molar-refractivity contribution in [3.8, 4) is 0 Å². The van der Waals surface area contributed by atoms with Crippen molar-refractivity contribution in [2.75, 3.05) is 6.61 Å². The van der Waals surface area contributed by atoms with Gasteiger partial charge in [0.05, 0.1) is 59.3 Å². The van der Waals surface area contributed by atoms with E-state index in [-0.39, 0.29) is 42.7 Å². The van der Waals surface area contributed by atoms with Gasteiger partial charge in [-0.2, -0.15) is 0 Å². The number of halogens is 3. The number of esters is 1. The molecule has 0 atom stereocenters. The smallest absolute Gasteiger partial charge is 0.457 e. The molecule has 2 amide bonds. The molecule has 0 radical (unpaired) electrons. The topological polar surface area (TPSA) is 121 Å². The van der Waals surface area contributed by atoms with E-state index in [1.807, 2.05) is 45.9 Å². The fourth-order valence-corrected chi connectivity index (χ4v) is 6.87. The van der Waals surface area contributed by atoms with Crippen molar-refractivity contribution in [1.29, 1.82) is 0 Å². The maximum atomic E-state index is 10.9. The number of cyclic esters (lactones) is 1. The van der Waals surface area contributed by atoms with Crippen LogP contribution in [0.1, 0.15) is 89.8 Å². The molecule has 54 heavy (non-hydrogen) atoms. The fourth-order valence-electron chi connectivity index (χ4n) is 5.52. The summed E-state index contributed by atoms with van der Waals surface area (Å²) >= 11 is 9.61. The molecule has 0 bridgehead atoms. The lowest BCUT2D eigenvalue weighted by Gasteiger charge is -2.32. The second-order valence-corrected chi connectivity index (χ2v) is 16.2. The van der Waals surface area contributed by atoms with E-state index < -0.39 is 0 Å². The second kappa shape index (κ2) is 19.8. The molecule has 0 unspecified atom stereocenters. The number of fused-ring (bicyclic) bond motifs is 3. The minimum Gasteiger partial charge on any atom is -0.457 e. The predicted molar refractivity (Wildman–Crippen MR) is 218 cm³/mol. The number of imide groups is 1. The average molecular weight is 934 g/mol. The Morgan fingerprint density at radius 3 is 1.87 bits per heavy atom. The van der Waals surface area contributed by atoms with Gasteiger partial charge < -0.3 is 28.6 Å². The van der Waals surface area contributed by atoms with E-state index in [9.17, 15) is 14.4 Å². The zero-order valence-corrected chi connectivity index (χ0v) is 35.7. The third-order valence-corrected chi connectivity index (χ3v) is 11.4. The van der Waals surface area contributed by atoms with Crippen molar-refractivity contribution in [2.24, 2.45) is 0 Å². The molecular formula is C40H45BBr3NO9. The Hall–Kier alpha value is -2.95. The maximum Gasteiger partial charge on any atom is 0.486 e. The van der Waals surface area contributed by atoms with Gasteiger partial charge in [-0.3, -0.25) is 9.59 Å². The number of nitrogens with zero attached hydrogens (tertiary/aromatic N) is 1. The van der Waals surface area contributed by atoms with Crippen LogP contribution in [0, 0.1) is 0 Å². The first-order valence-corrected chi connectivity index (χ1v) is 19.6. The highest BCUT2D eigenvalue weighted by Crippen LogP contribution is 2.36. The first-order chi connectivity index (χ1) is 25.6. The van der Waals surface area contributed by atoms with Crippen molar-refractivity contribution >= 4 is 79.0 Å². The molecular weight excluding hydrogens is 889 g/mol. The fraction of sp³-hybridized carbons (Fsp3) is 0.375.